The van der Waals surface area contributed by atoms with E-state index in [1.807, 2.05) is 11.5 Å². The predicted octanol–water partition coefficient (Wildman–Crippen LogP) is 2.97. The number of aromatic nitrogens is 2. The molecule has 2 N–H and O–H groups in total. The van der Waals surface area contributed by atoms with E-state index in [0.29, 0.717) is 12.3 Å². The van der Waals surface area contributed by atoms with Gasteiger partial charge in [0.25, 0.3) is 5.91 Å². The van der Waals surface area contributed by atoms with Crippen molar-refractivity contribution in [3.63, 3.8) is 0 Å². The lowest BCUT2D eigenvalue weighted by atomic mass is 9.74. The van der Waals surface area contributed by atoms with Gasteiger partial charge < -0.3 is 15.2 Å². The maximum absolute atomic E-state index is 13.5. The average molecular weight is 434 g/mol. The summed E-state index contributed by atoms with van der Waals surface area (Å²) in [6, 6.07) is -0.263. The number of rotatable bonds is 7. The number of aryl methyl sites for hydroxylation is 1. The van der Waals surface area contributed by atoms with Crippen LogP contribution in [0.2, 0.25) is 0 Å². The van der Waals surface area contributed by atoms with Crippen LogP contribution in [0.15, 0.2) is 12.5 Å². The Morgan fingerprint density at radius 1 is 1.25 bits per heavy atom. The van der Waals surface area contributed by atoms with Gasteiger partial charge in [-0.15, -0.1) is 24.8 Å². The molecule has 28 heavy (non-hydrogen) atoms. The molecule has 0 saturated carbocycles. The fourth-order valence-electron chi connectivity index (χ4n) is 4.20. The third-order valence-electron chi connectivity index (χ3n) is 5.81. The molecule has 0 spiro atoms. The van der Waals surface area contributed by atoms with Crippen LogP contribution in [0.4, 0.5) is 4.79 Å². The molecule has 2 saturated heterocycles. The molecule has 9 heteroatoms. The summed E-state index contributed by atoms with van der Waals surface area (Å²) in [7, 11) is 0. The maximum Gasteiger partial charge on any atom is 0.325 e. The van der Waals surface area contributed by atoms with Crippen molar-refractivity contribution in [2.45, 2.75) is 65.1 Å². The zero-order valence-electron chi connectivity index (χ0n) is 16.9. The second-order valence-corrected chi connectivity index (χ2v) is 7.92. The normalized spacial score (nSPS) is 22.8. The molecule has 3 heterocycles. The minimum atomic E-state index is -0.749. The first-order valence-corrected chi connectivity index (χ1v) is 9.81. The summed E-state index contributed by atoms with van der Waals surface area (Å²) in [5, 5.41) is 6.48. The van der Waals surface area contributed by atoms with Crippen molar-refractivity contribution in [1.29, 1.82) is 0 Å². The van der Waals surface area contributed by atoms with Gasteiger partial charge >= 0.3 is 6.03 Å². The number of nitrogens with one attached hydrogen (secondary N) is 2. The third kappa shape index (κ3) is 4.81. The molecule has 1 unspecified atom stereocenters. The van der Waals surface area contributed by atoms with Gasteiger partial charge in [-0.25, -0.2) is 9.78 Å². The largest absolute Gasteiger partial charge is 0.333 e. The number of urea groups is 1. The quantitative estimate of drug-likeness (QED) is 0.647. The number of nitrogens with zero attached hydrogens (tertiary/aromatic N) is 3. The smallest absolute Gasteiger partial charge is 0.325 e. The SMILES string of the molecule is CCn1cncc1CN1C(=O)NC(CCC(C)C)(C2CCNCC2)C1=O.Cl.Cl. The van der Waals surface area contributed by atoms with Crippen molar-refractivity contribution >= 4 is 36.8 Å². The van der Waals surface area contributed by atoms with E-state index in [4.69, 9.17) is 0 Å². The van der Waals surface area contributed by atoms with E-state index in [0.717, 1.165) is 44.6 Å². The molecule has 0 bridgehead atoms. The van der Waals surface area contributed by atoms with Crippen molar-refractivity contribution in [3.8, 4) is 0 Å². The number of amides is 3. The van der Waals surface area contributed by atoms with Crippen LogP contribution in [0.5, 0.6) is 0 Å². The van der Waals surface area contributed by atoms with Crippen LogP contribution in [-0.2, 0) is 17.9 Å². The van der Waals surface area contributed by atoms with Crippen LogP contribution in [0.3, 0.4) is 0 Å². The third-order valence-corrected chi connectivity index (χ3v) is 5.81. The fourth-order valence-corrected chi connectivity index (χ4v) is 4.20. The van der Waals surface area contributed by atoms with Crippen LogP contribution < -0.4 is 10.6 Å². The van der Waals surface area contributed by atoms with Crippen LogP contribution in [0.25, 0.3) is 0 Å². The van der Waals surface area contributed by atoms with E-state index in [2.05, 4.69) is 29.5 Å². The number of carbonyl (C=O) groups is 2. The Bertz CT molecular complexity index is 661. The van der Waals surface area contributed by atoms with Crippen LogP contribution in [0, 0.1) is 11.8 Å². The number of halogens is 2. The molecule has 3 amide bonds. The van der Waals surface area contributed by atoms with Gasteiger partial charge in [-0.1, -0.05) is 13.8 Å². The van der Waals surface area contributed by atoms with E-state index < -0.39 is 5.54 Å². The van der Waals surface area contributed by atoms with Crippen LogP contribution in [-0.4, -0.2) is 45.0 Å². The van der Waals surface area contributed by atoms with Gasteiger partial charge in [-0.2, -0.15) is 0 Å². The molecule has 2 aliphatic rings. The number of hydrogen-bond donors (Lipinski definition) is 2. The summed E-state index contributed by atoms with van der Waals surface area (Å²) in [4.78, 5) is 31.8. The van der Waals surface area contributed by atoms with Gasteiger partial charge in [-0.05, 0) is 57.5 Å². The highest BCUT2D eigenvalue weighted by molar-refractivity contribution is 6.07. The van der Waals surface area contributed by atoms with Crippen molar-refractivity contribution in [1.82, 2.24) is 25.1 Å². The van der Waals surface area contributed by atoms with Gasteiger partial charge in [0.15, 0.2) is 0 Å². The standard InChI is InChI=1S/C19H31N5O2.2ClH/c1-4-23-13-21-11-16(23)12-24-17(25)19(22-18(24)26,8-5-14(2)3)15-6-9-20-10-7-15;;/h11,13-15,20H,4-10,12H2,1-3H3,(H,22,26);2*1H. The molecular weight excluding hydrogens is 401 g/mol. The Labute approximate surface area is 179 Å². The first-order chi connectivity index (χ1) is 12.5. The molecule has 160 valence electrons. The van der Waals surface area contributed by atoms with E-state index in [1.54, 1.807) is 12.5 Å². The van der Waals surface area contributed by atoms with E-state index >= 15 is 0 Å². The van der Waals surface area contributed by atoms with Crippen molar-refractivity contribution < 1.29 is 9.59 Å². The van der Waals surface area contributed by atoms with Gasteiger partial charge in [-0.3, -0.25) is 9.69 Å². The second-order valence-electron chi connectivity index (χ2n) is 7.92. The van der Waals surface area contributed by atoms with Gasteiger partial charge in [0.1, 0.15) is 5.54 Å². The van der Waals surface area contributed by atoms with Crippen molar-refractivity contribution in [2.24, 2.45) is 11.8 Å². The molecule has 3 rings (SSSR count). The van der Waals surface area contributed by atoms with Crippen molar-refractivity contribution in [3.05, 3.63) is 18.2 Å². The molecular formula is C19H33Cl2N5O2. The Morgan fingerprint density at radius 3 is 2.54 bits per heavy atom. The minimum Gasteiger partial charge on any atom is -0.333 e. The first-order valence-electron chi connectivity index (χ1n) is 9.81. The summed E-state index contributed by atoms with van der Waals surface area (Å²) in [6.07, 6.45) is 6.96. The lowest BCUT2D eigenvalue weighted by Crippen LogP contribution is -2.55. The lowest BCUT2D eigenvalue weighted by molar-refractivity contribution is -0.134. The summed E-state index contributed by atoms with van der Waals surface area (Å²) in [5.74, 6) is 0.632. The number of hydrogen-bond acceptors (Lipinski definition) is 4. The fraction of sp³-hybridized carbons (Fsp3) is 0.737. The topological polar surface area (TPSA) is 79.3 Å². The highest BCUT2D eigenvalue weighted by Gasteiger charge is 2.55. The van der Waals surface area contributed by atoms with E-state index in [9.17, 15) is 9.59 Å². The zero-order valence-corrected chi connectivity index (χ0v) is 18.6. The number of imide groups is 1. The molecule has 1 aromatic rings. The van der Waals surface area contributed by atoms with E-state index in [1.165, 1.54) is 4.90 Å². The highest BCUT2D eigenvalue weighted by atomic mass is 35.5. The molecule has 0 radical (unpaired) electrons. The molecule has 0 aromatic carbocycles. The van der Waals surface area contributed by atoms with Crippen molar-refractivity contribution in [2.75, 3.05) is 13.1 Å². The van der Waals surface area contributed by atoms with Gasteiger partial charge in [0.2, 0.25) is 0 Å². The maximum atomic E-state index is 13.5. The molecule has 1 atom stereocenters. The summed E-state index contributed by atoms with van der Waals surface area (Å²) in [6.45, 7) is 9.21. The molecule has 0 aliphatic carbocycles. The Kier molecular flexibility index (Phi) is 9.24. The average Bonchev–Trinajstić information content (AvgIpc) is 3.19. The summed E-state index contributed by atoms with van der Waals surface area (Å²) in [5.41, 5.74) is 0.140. The monoisotopic (exact) mass is 433 g/mol. The predicted molar refractivity (Wildman–Crippen MR) is 114 cm³/mol. The molecule has 2 aliphatic heterocycles. The van der Waals surface area contributed by atoms with E-state index in [-0.39, 0.29) is 49.2 Å². The van der Waals surface area contributed by atoms with Crippen LogP contribution >= 0.6 is 24.8 Å². The first kappa shape index (κ1) is 24.7. The minimum absolute atomic E-state index is 0. The second kappa shape index (κ2) is 10.5. The highest BCUT2D eigenvalue weighted by Crippen LogP contribution is 2.37. The Balaban J connectivity index is 0.00000196. The summed E-state index contributed by atoms with van der Waals surface area (Å²) >= 11 is 0. The molecule has 1 aromatic heterocycles. The van der Waals surface area contributed by atoms with Crippen LogP contribution in [0.1, 0.15) is 52.1 Å². The Hall–Kier alpha value is -1.31. The number of carbonyl (C=O) groups excluding carboxylic acids is 2. The van der Waals surface area contributed by atoms with Gasteiger partial charge in [0, 0.05) is 12.7 Å². The molecule has 7 nitrogen and oxygen atoms in total. The number of imidazole rings is 1. The number of piperidine rings is 1. The Morgan fingerprint density at radius 2 is 1.93 bits per heavy atom. The van der Waals surface area contributed by atoms with Gasteiger partial charge in [0.05, 0.1) is 18.6 Å². The lowest BCUT2D eigenvalue weighted by Gasteiger charge is -2.38. The molecule has 2 fully saturated rings. The zero-order chi connectivity index (χ0) is 18.7. The summed E-state index contributed by atoms with van der Waals surface area (Å²) < 4.78 is 1.97.